The van der Waals surface area contributed by atoms with Gasteiger partial charge in [-0.25, -0.2) is 12.7 Å². The lowest BCUT2D eigenvalue weighted by Gasteiger charge is -2.16. The number of nitrogens with one attached hydrogen (secondary N) is 1. The van der Waals surface area contributed by atoms with Gasteiger partial charge in [0, 0.05) is 27.3 Å². The second-order valence-corrected chi connectivity index (χ2v) is 5.64. The molecule has 0 spiro atoms. The lowest BCUT2D eigenvalue weighted by Crippen LogP contribution is -2.31. The third-order valence-electron chi connectivity index (χ3n) is 2.13. The summed E-state index contributed by atoms with van der Waals surface area (Å²) in [6.45, 7) is 1.84. The largest absolute Gasteiger partial charge is 0.385 e. The molecule has 0 fully saturated rings. The normalized spacial score (nSPS) is 12.3. The molecule has 92 valence electrons. The predicted octanol–water partition coefficient (Wildman–Crippen LogP) is -0.106. The third-order valence-corrected chi connectivity index (χ3v) is 4.06. The van der Waals surface area contributed by atoms with Gasteiger partial charge in [-0.2, -0.15) is 0 Å². The smallest absolute Gasteiger partial charge is 0.213 e. The van der Waals surface area contributed by atoms with E-state index in [4.69, 9.17) is 4.74 Å². The van der Waals surface area contributed by atoms with Crippen LogP contribution in [0.5, 0.6) is 0 Å². The van der Waals surface area contributed by atoms with Gasteiger partial charge >= 0.3 is 0 Å². The maximum atomic E-state index is 11.7. The molecule has 5 nitrogen and oxygen atoms in total. The molecule has 0 amide bonds. The monoisotopic (exact) mass is 238 g/mol. The van der Waals surface area contributed by atoms with E-state index in [9.17, 15) is 8.42 Å². The van der Waals surface area contributed by atoms with E-state index in [1.165, 1.54) is 4.31 Å². The van der Waals surface area contributed by atoms with E-state index >= 15 is 0 Å². The van der Waals surface area contributed by atoms with Crippen LogP contribution < -0.4 is 5.32 Å². The Morgan fingerprint density at radius 3 is 2.53 bits per heavy atom. The summed E-state index contributed by atoms with van der Waals surface area (Å²) in [5, 5.41) is 2.93. The summed E-state index contributed by atoms with van der Waals surface area (Å²) in [6, 6.07) is 0. The van der Waals surface area contributed by atoms with Crippen LogP contribution in [0.3, 0.4) is 0 Å². The van der Waals surface area contributed by atoms with Gasteiger partial charge in [0.05, 0.1) is 5.75 Å². The molecule has 0 aromatic carbocycles. The van der Waals surface area contributed by atoms with Crippen molar-refractivity contribution >= 4 is 10.0 Å². The zero-order chi connectivity index (χ0) is 11.7. The minimum Gasteiger partial charge on any atom is -0.385 e. The highest BCUT2D eigenvalue weighted by molar-refractivity contribution is 7.89. The summed E-state index contributed by atoms with van der Waals surface area (Å²) in [5.74, 6) is 0.206. The molecule has 0 aromatic heterocycles. The molecule has 0 aliphatic heterocycles. The summed E-state index contributed by atoms with van der Waals surface area (Å²) >= 11 is 0. The first-order chi connectivity index (χ1) is 7.04. The Morgan fingerprint density at radius 1 is 1.33 bits per heavy atom. The van der Waals surface area contributed by atoms with Gasteiger partial charge in [0.1, 0.15) is 0 Å². The van der Waals surface area contributed by atoms with E-state index in [1.54, 1.807) is 14.2 Å². The van der Waals surface area contributed by atoms with Crippen molar-refractivity contribution in [1.82, 2.24) is 9.62 Å². The van der Waals surface area contributed by atoms with Crippen LogP contribution in [-0.2, 0) is 14.8 Å². The Balaban J connectivity index is 3.86. The van der Waals surface area contributed by atoms with Crippen molar-refractivity contribution in [3.63, 3.8) is 0 Å². The molecule has 0 bridgehead atoms. The molecule has 0 saturated carbocycles. The molecule has 1 N–H and O–H groups in total. The molecule has 15 heavy (non-hydrogen) atoms. The summed E-state index contributed by atoms with van der Waals surface area (Å²) in [4.78, 5) is 0. The van der Waals surface area contributed by atoms with Crippen molar-refractivity contribution in [2.24, 2.45) is 0 Å². The Labute approximate surface area is 92.8 Å². The van der Waals surface area contributed by atoms with E-state index in [0.29, 0.717) is 19.6 Å². The van der Waals surface area contributed by atoms with Crippen LogP contribution in [0, 0.1) is 0 Å². The molecule has 0 radical (unpaired) electrons. The average molecular weight is 238 g/mol. The second kappa shape index (κ2) is 8.04. The van der Waals surface area contributed by atoms with E-state index in [1.807, 2.05) is 7.05 Å². The average Bonchev–Trinajstić information content (AvgIpc) is 2.18. The highest BCUT2D eigenvalue weighted by Crippen LogP contribution is 2.01. The number of sulfonamides is 1. The summed E-state index contributed by atoms with van der Waals surface area (Å²) in [5.41, 5.74) is 0. The fraction of sp³-hybridized carbons (Fsp3) is 1.00. The van der Waals surface area contributed by atoms with Crippen LogP contribution >= 0.6 is 0 Å². The van der Waals surface area contributed by atoms with Crippen LogP contribution in [0.1, 0.15) is 12.8 Å². The summed E-state index contributed by atoms with van der Waals surface area (Å²) in [7, 11) is 1.97. The van der Waals surface area contributed by atoms with Gasteiger partial charge in [-0.15, -0.1) is 0 Å². The van der Waals surface area contributed by atoms with Crippen LogP contribution in [0.15, 0.2) is 0 Å². The van der Waals surface area contributed by atoms with Crippen LogP contribution in [0.4, 0.5) is 0 Å². The highest BCUT2D eigenvalue weighted by Gasteiger charge is 2.16. The Bertz CT molecular complexity index is 242. The summed E-state index contributed by atoms with van der Waals surface area (Å²) in [6.07, 6.45) is 1.38. The molecule has 0 aromatic rings. The predicted molar refractivity (Wildman–Crippen MR) is 61.5 cm³/mol. The number of methoxy groups -OCH3 is 1. The fourth-order valence-electron chi connectivity index (χ4n) is 1.16. The van der Waals surface area contributed by atoms with Crippen LogP contribution in [0.2, 0.25) is 0 Å². The molecule has 0 aliphatic rings. The van der Waals surface area contributed by atoms with Gasteiger partial charge in [-0.1, -0.05) is 0 Å². The fourth-order valence-corrected chi connectivity index (χ4v) is 2.39. The third kappa shape index (κ3) is 6.83. The van der Waals surface area contributed by atoms with Crippen molar-refractivity contribution in [2.45, 2.75) is 12.8 Å². The van der Waals surface area contributed by atoms with Crippen molar-refractivity contribution in [1.29, 1.82) is 0 Å². The standard InChI is InChI=1S/C9H22N2O3S/c1-10-6-4-9-15(12,13)11(2)7-5-8-14-3/h10H,4-9H2,1-3H3. The highest BCUT2D eigenvalue weighted by atomic mass is 32.2. The van der Waals surface area contributed by atoms with Gasteiger partial charge < -0.3 is 10.1 Å². The maximum Gasteiger partial charge on any atom is 0.213 e. The quantitative estimate of drug-likeness (QED) is 0.570. The van der Waals surface area contributed by atoms with E-state index in [2.05, 4.69) is 5.32 Å². The SMILES string of the molecule is CNCCCS(=O)(=O)N(C)CCCOC. The first-order valence-electron chi connectivity index (χ1n) is 5.12. The lowest BCUT2D eigenvalue weighted by molar-refractivity contribution is 0.189. The first-order valence-corrected chi connectivity index (χ1v) is 6.73. The lowest BCUT2D eigenvalue weighted by atomic mass is 10.5. The number of ether oxygens (including phenoxy) is 1. The van der Waals surface area contributed by atoms with E-state index < -0.39 is 10.0 Å². The molecule has 0 heterocycles. The molecular weight excluding hydrogens is 216 g/mol. The summed E-state index contributed by atoms with van der Waals surface area (Å²) < 4.78 is 29.6. The van der Waals surface area contributed by atoms with E-state index in [-0.39, 0.29) is 5.75 Å². The Morgan fingerprint density at radius 2 is 2.00 bits per heavy atom. The second-order valence-electron chi connectivity index (χ2n) is 3.44. The number of hydrogen-bond acceptors (Lipinski definition) is 4. The van der Waals surface area contributed by atoms with Gasteiger partial charge in [0.15, 0.2) is 0 Å². The van der Waals surface area contributed by atoms with Crippen LogP contribution in [0.25, 0.3) is 0 Å². The van der Waals surface area contributed by atoms with Crippen molar-refractivity contribution in [2.75, 3.05) is 46.7 Å². The minimum atomic E-state index is -3.08. The zero-order valence-electron chi connectivity index (χ0n) is 9.82. The maximum absolute atomic E-state index is 11.7. The van der Waals surface area contributed by atoms with Gasteiger partial charge in [-0.3, -0.25) is 0 Å². The minimum absolute atomic E-state index is 0.206. The molecule has 0 atom stereocenters. The van der Waals surface area contributed by atoms with Crippen molar-refractivity contribution in [3.05, 3.63) is 0 Å². The van der Waals surface area contributed by atoms with E-state index in [0.717, 1.165) is 13.0 Å². The van der Waals surface area contributed by atoms with Gasteiger partial charge in [0.2, 0.25) is 10.0 Å². The van der Waals surface area contributed by atoms with Crippen molar-refractivity contribution < 1.29 is 13.2 Å². The molecule has 0 rings (SSSR count). The van der Waals surface area contributed by atoms with Crippen molar-refractivity contribution in [3.8, 4) is 0 Å². The Kier molecular flexibility index (Phi) is 7.95. The number of rotatable bonds is 9. The van der Waals surface area contributed by atoms with Gasteiger partial charge in [0.25, 0.3) is 0 Å². The molecule has 0 unspecified atom stereocenters. The zero-order valence-corrected chi connectivity index (χ0v) is 10.6. The first kappa shape index (κ1) is 14.8. The molecule has 0 aliphatic carbocycles. The molecule has 0 saturated heterocycles. The van der Waals surface area contributed by atoms with Gasteiger partial charge in [-0.05, 0) is 26.4 Å². The Hall–Kier alpha value is -0.170. The van der Waals surface area contributed by atoms with Crippen LogP contribution in [-0.4, -0.2) is 59.4 Å². The topological polar surface area (TPSA) is 58.6 Å². The number of hydrogen-bond donors (Lipinski definition) is 1. The molecule has 6 heteroatoms. The molecular formula is C9H22N2O3S. The number of nitrogens with zero attached hydrogens (tertiary/aromatic N) is 1.